The van der Waals surface area contributed by atoms with Crippen LogP contribution in [0, 0.1) is 0 Å². The zero-order chi connectivity index (χ0) is 11.3. The molecule has 5 nitrogen and oxygen atoms in total. The average molecular weight is 215 g/mol. The fraction of sp³-hybridized carbons (Fsp3) is 0.900. The van der Waals surface area contributed by atoms with E-state index in [9.17, 15) is 9.90 Å². The van der Waals surface area contributed by atoms with Gasteiger partial charge < -0.3 is 15.7 Å². The van der Waals surface area contributed by atoms with Gasteiger partial charge in [0.05, 0.1) is 6.10 Å². The van der Waals surface area contributed by atoms with Gasteiger partial charge in [0.2, 0.25) is 5.91 Å². The molecule has 0 saturated carbocycles. The number of nitrogens with one attached hydrogen (secondary N) is 2. The van der Waals surface area contributed by atoms with Crippen molar-refractivity contribution < 1.29 is 9.90 Å². The number of carbonyl (C=O) groups is 1. The van der Waals surface area contributed by atoms with Crippen LogP contribution in [0.5, 0.6) is 0 Å². The highest BCUT2D eigenvalue weighted by Gasteiger charge is 2.28. The van der Waals surface area contributed by atoms with Crippen molar-refractivity contribution >= 4 is 5.91 Å². The Kier molecular flexibility index (Phi) is 5.01. The number of amides is 1. The number of hydrogen-bond donors (Lipinski definition) is 3. The molecule has 1 rings (SSSR count). The van der Waals surface area contributed by atoms with Crippen LogP contribution < -0.4 is 10.6 Å². The van der Waals surface area contributed by atoms with Crippen molar-refractivity contribution in [2.24, 2.45) is 0 Å². The summed E-state index contributed by atoms with van der Waals surface area (Å²) in [6.07, 6.45) is -0.389. The molecule has 1 aliphatic rings. The van der Waals surface area contributed by atoms with Crippen molar-refractivity contribution in [2.75, 3.05) is 32.7 Å². The number of β-amino-alcohol motifs (C(OH)–C–C–N with tert-alkyl or cyclic N) is 1. The fourth-order valence-corrected chi connectivity index (χ4v) is 1.85. The first kappa shape index (κ1) is 12.4. The SMILES string of the molecule is CCNC(=O)C1CNCCN1C[C@@H](C)O. The zero-order valence-electron chi connectivity index (χ0n) is 9.49. The van der Waals surface area contributed by atoms with Gasteiger partial charge in [-0.3, -0.25) is 9.69 Å². The number of aliphatic hydroxyl groups excluding tert-OH is 1. The van der Waals surface area contributed by atoms with Crippen LogP contribution in [0.2, 0.25) is 0 Å². The van der Waals surface area contributed by atoms with Crippen LogP contribution in [-0.2, 0) is 4.79 Å². The normalized spacial score (nSPS) is 24.9. The number of nitrogens with zero attached hydrogens (tertiary/aromatic N) is 1. The van der Waals surface area contributed by atoms with Gasteiger partial charge in [-0.25, -0.2) is 0 Å². The molecule has 1 amide bonds. The Morgan fingerprint density at radius 3 is 3.07 bits per heavy atom. The molecule has 15 heavy (non-hydrogen) atoms. The maximum absolute atomic E-state index is 11.7. The molecule has 0 aromatic carbocycles. The molecular formula is C10H21N3O2. The van der Waals surface area contributed by atoms with E-state index in [1.165, 1.54) is 0 Å². The third-order valence-corrected chi connectivity index (χ3v) is 2.51. The smallest absolute Gasteiger partial charge is 0.238 e. The maximum atomic E-state index is 11.7. The first-order chi connectivity index (χ1) is 7.15. The molecule has 88 valence electrons. The predicted molar refractivity (Wildman–Crippen MR) is 58.6 cm³/mol. The largest absolute Gasteiger partial charge is 0.392 e. The van der Waals surface area contributed by atoms with E-state index in [1.807, 2.05) is 11.8 Å². The zero-order valence-corrected chi connectivity index (χ0v) is 9.49. The summed E-state index contributed by atoms with van der Waals surface area (Å²) in [5.41, 5.74) is 0. The summed E-state index contributed by atoms with van der Waals surface area (Å²) in [4.78, 5) is 13.7. The number of likely N-dealkylation sites (N-methyl/N-ethyl adjacent to an activating group) is 1. The summed E-state index contributed by atoms with van der Waals surface area (Å²) in [7, 11) is 0. The van der Waals surface area contributed by atoms with Crippen LogP contribution in [0.4, 0.5) is 0 Å². The quantitative estimate of drug-likeness (QED) is 0.550. The van der Waals surface area contributed by atoms with E-state index in [2.05, 4.69) is 10.6 Å². The molecule has 5 heteroatoms. The number of rotatable bonds is 4. The van der Waals surface area contributed by atoms with E-state index in [-0.39, 0.29) is 18.1 Å². The minimum absolute atomic E-state index is 0.0466. The Balaban J connectivity index is 2.52. The second kappa shape index (κ2) is 6.05. The lowest BCUT2D eigenvalue weighted by Gasteiger charge is -2.35. The topological polar surface area (TPSA) is 64.6 Å². The molecule has 1 heterocycles. The number of carbonyl (C=O) groups excluding carboxylic acids is 1. The Labute approximate surface area is 90.8 Å². The van der Waals surface area contributed by atoms with E-state index < -0.39 is 0 Å². The molecule has 2 atom stereocenters. The molecule has 0 aliphatic carbocycles. The van der Waals surface area contributed by atoms with Crippen molar-refractivity contribution in [1.29, 1.82) is 0 Å². The molecular weight excluding hydrogens is 194 g/mol. The molecule has 0 aromatic rings. The number of hydrogen-bond acceptors (Lipinski definition) is 4. The molecule has 0 radical (unpaired) electrons. The van der Waals surface area contributed by atoms with Crippen molar-refractivity contribution in [1.82, 2.24) is 15.5 Å². The lowest BCUT2D eigenvalue weighted by atomic mass is 10.1. The molecule has 1 unspecified atom stereocenters. The third kappa shape index (κ3) is 3.77. The van der Waals surface area contributed by atoms with Gasteiger partial charge in [-0.15, -0.1) is 0 Å². The molecule has 1 aliphatic heterocycles. The predicted octanol–water partition coefficient (Wildman–Crippen LogP) is -1.22. The lowest BCUT2D eigenvalue weighted by Crippen LogP contribution is -2.59. The average Bonchev–Trinajstić information content (AvgIpc) is 2.18. The molecule has 1 saturated heterocycles. The first-order valence-corrected chi connectivity index (χ1v) is 5.55. The van der Waals surface area contributed by atoms with Crippen LogP contribution in [0.1, 0.15) is 13.8 Å². The van der Waals surface area contributed by atoms with Crippen molar-refractivity contribution in [3.8, 4) is 0 Å². The third-order valence-electron chi connectivity index (χ3n) is 2.51. The highest BCUT2D eigenvalue weighted by Crippen LogP contribution is 2.04. The van der Waals surface area contributed by atoms with Gasteiger partial charge in [0.1, 0.15) is 6.04 Å². The molecule has 0 aromatic heterocycles. The Hall–Kier alpha value is -0.650. The van der Waals surface area contributed by atoms with Crippen LogP contribution in [0.15, 0.2) is 0 Å². The van der Waals surface area contributed by atoms with Gasteiger partial charge in [-0.2, -0.15) is 0 Å². The number of piperazine rings is 1. The van der Waals surface area contributed by atoms with Gasteiger partial charge >= 0.3 is 0 Å². The standard InChI is InChI=1S/C10H21N3O2/c1-3-12-10(15)9-6-11-4-5-13(9)7-8(2)14/h8-9,11,14H,3-7H2,1-2H3,(H,12,15)/t8-,9?/m1/s1. The highest BCUT2D eigenvalue weighted by molar-refractivity contribution is 5.82. The Bertz CT molecular complexity index is 209. The van der Waals surface area contributed by atoms with Crippen molar-refractivity contribution in [2.45, 2.75) is 26.0 Å². The Morgan fingerprint density at radius 2 is 2.47 bits per heavy atom. The molecule has 0 spiro atoms. The molecule has 3 N–H and O–H groups in total. The summed E-state index contributed by atoms with van der Waals surface area (Å²) in [6, 6.07) is -0.145. The van der Waals surface area contributed by atoms with Gasteiger partial charge in [0.15, 0.2) is 0 Å². The minimum atomic E-state index is -0.389. The van der Waals surface area contributed by atoms with Gasteiger partial charge in [0, 0.05) is 32.7 Å². The van der Waals surface area contributed by atoms with Crippen LogP contribution in [0.25, 0.3) is 0 Å². The summed E-state index contributed by atoms with van der Waals surface area (Å²) < 4.78 is 0. The van der Waals surface area contributed by atoms with Crippen LogP contribution in [-0.4, -0.2) is 60.8 Å². The molecule has 0 bridgehead atoms. The summed E-state index contributed by atoms with van der Waals surface area (Å²) in [5, 5.41) is 15.3. The van der Waals surface area contributed by atoms with E-state index in [4.69, 9.17) is 0 Å². The van der Waals surface area contributed by atoms with Crippen LogP contribution in [0.3, 0.4) is 0 Å². The van der Waals surface area contributed by atoms with Crippen LogP contribution >= 0.6 is 0 Å². The Morgan fingerprint density at radius 1 is 1.73 bits per heavy atom. The fourth-order valence-electron chi connectivity index (χ4n) is 1.85. The first-order valence-electron chi connectivity index (χ1n) is 5.55. The van der Waals surface area contributed by atoms with E-state index >= 15 is 0 Å². The summed E-state index contributed by atoms with van der Waals surface area (Å²) >= 11 is 0. The second-order valence-corrected chi connectivity index (χ2v) is 3.96. The van der Waals surface area contributed by atoms with E-state index in [0.29, 0.717) is 19.6 Å². The van der Waals surface area contributed by atoms with Gasteiger partial charge in [0.25, 0.3) is 0 Å². The minimum Gasteiger partial charge on any atom is -0.392 e. The second-order valence-electron chi connectivity index (χ2n) is 3.96. The van der Waals surface area contributed by atoms with Crippen molar-refractivity contribution in [3.05, 3.63) is 0 Å². The van der Waals surface area contributed by atoms with Crippen molar-refractivity contribution in [3.63, 3.8) is 0 Å². The van der Waals surface area contributed by atoms with Gasteiger partial charge in [-0.05, 0) is 13.8 Å². The molecule has 1 fully saturated rings. The monoisotopic (exact) mass is 215 g/mol. The summed E-state index contributed by atoms with van der Waals surface area (Å²) in [6.45, 7) is 7.22. The van der Waals surface area contributed by atoms with Gasteiger partial charge in [-0.1, -0.05) is 0 Å². The highest BCUT2D eigenvalue weighted by atomic mass is 16.3. The van der Waals surface area contributed by atoms with E-state index in [1.54, 1.807) is 6.92 Å². The summed E-state index contributed by atoms with van der Waals surface area (Å²) in [5.74, 6) is 0.0466. The van der Waals surface area contributed by atoms with E-state index in [0.717, 1.165) is 13.1 Å². The maximum Gasteiger partial charge on any atom is 0.238 e. The lowest BCUT2D eigenvalue weighted by molar-refractivity contribution is -0.127. The number of aliphatic hydroxyl groups is 1.